The maximum absolute atomic E-state index is 9.87. The molecule has 0 aliphatic heterocycles. The van der Waals surface area contributed by atoms with E-state index < -0.39 is 6.10 Å². The number of aliphatic hydroxyl groups excluding tert-OH is 2. The molecule has 0 amide bonds. The van der Waals surface area contributed by atoms with Crippen LogP contribution < -0.4 is 0 Å². The lowest BCUT2D eigenvalue weighted by Gasteiger charge is -2.18. The Kier molecular flexibility index (Phi) is 8.14. The molecule has 0 saturated carbocycles. The number of hydrogen-bond donors (Lipinski definition) is 2. The summed E-state index contributed by atoms with van der Waals surface area (Å²) in [6, 6.07) is 9.95. The van der Waals surface area contributed by atoms with E-state index >= 15 is 0 Å². The third kappa shape index (κ3) is 7.11. The van der Waals surface area contributed by atoms with Gasteiger partial charge >= 0.3 is 0 Å². The molecule has 19 heavy (non-hydrogen) atoms. The van der Waals surface area contributed by atoms with Crippen molar-refractivity contribution in [3.05, 3.63) is 48.6 Å². The van der Waals surface area contributed by atoms with Gasteiger partial charge in [-0.25, -0.2) is 0 Å². The zero-order valence-electron chi connectivity index (χ0n) is 11.4. The third-order valence-corrected chi connectivity index (χ3v) is 3.02. The minimum absolute atomic E-state index is 0.135. The molecule has 0 spiro atoms. The first-order chi connectivity index (χ1) is 9.26. The Bertz CT molecular complexity index is 337. The second-order valence-electron chi connectivity index (χ2n) is 4.68. The van der Waals surface area contributed by atoms with E-state index in [9.17, 15) is 5.11 Å². The Morgan fingerprint density at radius 3 is 2.58 bits per heavy atom. The van der Waals surface area contributed by atoms with Crippen LogP contribution in [0.3, 0.4) is 0 Å². The third-order valence-electron chi connectivity index (χ3n) is 3.02. The Morgan fingerprint density at radius 2 is 1.95 bits per heavy atom. The summed E-state index contributed by atoms with van der Waals surface area (Å²) in [5.41, 5.74) is 1.11. The van der Waals surface area contributed by atoms with E-state index in [2.05, 4.69) is 6.58 Å². The molecule has 1 rings (SSSR count). The molecule has 0 heterocycles. The number of unbranched alkanes of at least 4 members (excludes halogenated alkanes) is 1. The highest BCUT2D eigenvalue weighted by Crippen LogP contribution is 2.12. The van der Waals surface area contributed by atoms with Crippen LogP contribution in [0.2, 0.25) is 0 Å². The second-order valence-corrected chi connectivity index (χ2v) is 4.68. The molecule has 0 aliphatic carbocycles. The maximum Gasteiger partial charge on any atom is 0.0782 e. The van der Waals surface area contributed by atoms with E-state index in [1.54, 1.807) is 6.08 Å². The molecule has 1 aromatic rings. The Balaban J connectivity index is 2.27. The molecule has 3 heteroatoms. The quantitative estimate of drug-likeness (QED) is 0.504. The summed E-state index contributed by atoms with van der Waals surface area (Å²) in [6.45, 7) is 4.46. The summed E-state index contributed by atoms with van der Waals surface area (Å²) in [5.74, 6) is 0. The molecule has 0 unspecified atom stereocenters. The van der Waals surface area contributed by atoms with Gasteiger partial charge in [0.05, 0.1) is 18.8 Å². The molecule has 106 valence electrons. The van der Waals surface area contributed by atoms with Crippen molar-refractivity contribution in [1.29, 1.82) is 0 Å². The summed E-state index contributed by atoms with van der Waals surface area (Å²) >= 11 is 0. The normalized spacial score (nSPS) is 14.0. The van der Waals surface area contributed by atoms with Crippen molar-refractivity contribution in [3.8, 4) is 0 Å². The number of hydrogen-bond acceptors (Lipinski definition) is 3. The molecule has 0 saturated heterocycles. The molecular weight excluding hydrogens is 240 g/mol. The summed E-state index contributed by atoms with van der Waals surface area (Å²) in [6.07, 6.45) is 4.02. The van der Waals surface area contributed by atoms with Crippen molar-refractivity contribution in [1.82, 2.24) is 0 Å². The molecule has 2 N–H and O–H groups in total. The average Bonchev–Trinajstić information content (AvgIpc) is 2.45. The fourth-order valence-electron chi connectivity index (χ4n) is 1.89. The molecule has 1 aromatic carbocycles. The summed E-state index contributed by atoms with van der Waals surface area (Å²) in [7, 11) is 0. The summed E-state index contributed by atoms with van der Waals surface area (Å²) in [4.78, 5) is 0. The van der Waals surface area contributed by atoms with E-state index in [0.29, 0.717) is 19.4 Å². The molecule has 0 aliphatic rings. The van der Waals surface area contributed by atoms with Crippen molar-refractivity contribution in [3.63, 3.8) is 0 Å². The van der Waals surface area contributed by atoms with Crippen LogP contribution in [0, 0.1) is 0 Å². The van der Waals surface area contributed by atoms with Crippen molar-refractivity contribution >= 4 is 0 Å². The number of rotatable bonds is 10. The van der Waals surface area contributed by atoms with Gasteiger partial charge in [0.1, 0.15) is 0 Å². The highest BCUT2D eigenvalue weighted by Gasteiger charge is 2.12. The highest BCUT2D eigenvalue weighted by atomic mass is 16.5. The zero-order valence-corrected chi connectivity index (χ0v) is 11.4. The van der Waals surface area contributed by atoms with Gasteiger partial charge in [-0.15, -0.1) is 6.58 Å². The van der Waals surface area contributed by atoms with E-state index in [0.717, 1.165) is 18.4 Å². The minimum Gasteiger partial charge on any atom is -0.396 e. The number of ether oxygens (including phenoxy) is 1. The van der Waals surface area contributed by atoms with Crippen LogP contribution in [0.25, 0.3) is 0 Å². The van der Waals surface area contributed by atoms with Gasteiger partial charge in [0, 0.05) is 13.0 Å². The van der Waals surface area contributed by atoms with Gasteiger partial charge in [0.2, 0.25) is 0 Å². The molecular formula is C16H24O3. The van der Waals surface area contributed by atoms with E-state index in [4.69, 9.17) is 9.84 Å². The average molecular weight is 264 g/mol. The summed E-state index contributed by atoms with van der Waals surface area (Å²) < 4.78 is 5.73. The number of aliphatic hydroxyl groups is 2. The van der Waals surface area contributed by atoms with Crippen LogP contribution in [0.15, 0.2) is 43.0 Å². The van der Waals surface area contributed by atoms with Crippen molar-refractivity contribution < 1.29 is 14.9 Å². The van der Waals surface area contributed by atoms with Gasteiger partial charge in [-0.2, -0.15) is 0 Å². The fraction of sp³-hybridized carbons (Fsp3) is 0.500. The Hall–Kier alpha value is -1.16. The second kappa shape index (κ2) is 9.73. The van der Waals surface area contributed by atoms with Gasteiger partial charge in [-0.3, -0.25) is 0 Å². The van der Waals surface area contributed by atoms with Gasteiger partial charge in [0.15, 0.2) is 0 Å². The molecule has 2 atom stereocenters. The lowest BCUT2D eigenvalue weighted by Crippen LogP contribution is -2.19. The van der Waals surface area contributed by atoms with Gasteiger partial charge < -0.3 is 14.9 Å². The molecule has 3 nitrogen and oxygen atoms in total. The van der Waals surface area contributed by atoms with Crippen LogP contribution >= 0.6 is 0 Å². The highest BCUT2D eigenvalue weighted by molar-refractivity contribution is 5.13. The first-order valence-corrected chi connectivity index (χ1v) is 6.83. The smallest absolute Gasteiger partial charge is 0.0782 e. The fourth-order valence-corrected chi connectivity index (χ4v) is 1.89. The first kappa shape index (κ1) is 15.9. The predicted molar refractivity (Wildman–Crippen MR) is 76.8 cm³/mol. The van der Waals surface area contributed by atoms with Crippen LogP contribution in [-0.4, -0.2) is 29.0 Å². The van der Waals surface area contributed by atoms with Crippen LogP contribution in [0.5, 0.6) is 0 Å². The molecule has 0 fully saturated rings. The summed E-state index contributed by atoms with van der Waals surface area (Å²) in [5, 5.41) is 18.6. The molecule has 0 bridgehead atoms. The standard InChI is InChI=1S/C16H24O3/c1-2-16(12-15(18)10-6-7-11-17)19-13-14-8-4-3-5-9-14/h2-5,8-9,15-18H,1,6-7,10-13H2/t15-,16-/m1/s1. The Morgan fingerprint density at radius 1 is 1.21 bits per heavy atom. The minimum atomic E-state index is -0.398. The van der Waals surface area contributed by atoms with Crippen LogP contribution in [0.4, 0.5) is 0 Å². The maximum atomic E-state index is 9.87. The largest absolute Gasteiger partial charge is 0.396 e. The molecule has 0 radical (unpaired) electrons. The lowest BCUT2D eigenvalue weighted by atomic mass is 10.1. The van der Waals surface area contributed by atoms with E-state index in [1.165, 1.54) is 0 Å². The topological polar surface area (TPSA) is 49.7 Å². The van der Waals surface area contributed by atoms with Gasteiger partial charge in [0.25, 0.3) is 0 Å². The van der Waals surface area contributed by atoms with Gasteiger partial charge in [-0.1, -0.05) is 36.4 Å². The zero-order chi connectivity index (χ0) is 13.9. The molecule has 0 aromatic heterocycles. The first-order valence-electron chi connectivity index (χ1n) is 6.83. The van der Waals surface area contributed by atoms with Crippen molar-refractivity contribution in [2.75, 3.05) is 6.61 Å². The van der Waals surface area contributed by atoms with Crippen molar-refractivity contribution in [2.45, 2.75) is 44.5 Å². The SMILES string of the molecule is C=C[C@H](C[C@H](O)CCCCO)OCc1ccccc1. The number of benzene rings is 1. The lowest BCUT2D eigenvalue weighted by molar-refractivity contribution is 0.0278. The van der Waals surface area contributed by atoms with Gasteiger partial charge in [-0.05, 0) is 24.8 Å². The van der Waals surface area contributed by atoms with Crippen molar-refractivity contribution in [2.24, 2.45) is 0 Å². The van der Waals surface area contributed by atoms with Crippen LogP contribution in [-0.2, 0) is 11.3 Å². The van der Waals surface area contributed by atoms with E-state index in [-0.39, 0.29) is 12.7 Å². The monoisotopic (exact) mass is 264 g/mol. The predicted octanol–water partition coefficient (Wildman–Crippen LogP) is 2.67. The van der Waals surface area contributed by atoms with Crippen LogP contribution in [0.1, 0.15) is 31.2 Å². The van der Waals surface area contributed by atoms with E-state index in [1.807, 2.05) is 30.3 Å². The Labute approximate surface area is 115 Å².